The summed E-state index contributed by atoms with van der Waals surface area (Å²) in [6, 6.07) is -0.315. The first kappa shape index (κ1) is 14.9. The number of imide groups is 1. The van der Waals surface area contributed by atoms with Crippen LogP contribution in [0.2, 0.25) is 0 Å². The van der Waals surface area contributed by atoms with Crippen LogP contribution in [-0.4, -0.2) is 67.6 Å². The standard InChI is InChI=1S/C12H24N4O2/c1-4-10(2)13-12(18)14-11(17)9-16-7-5-15(3)6-8-16/h10H,4-9H2,1-3H3,(H2,13,14,17,18)/t10-/m1/s1. The van der Waals surface area contributed by atoms with Gasteiger partial charge in [0.2, 0.25) is 5.91 Å². The molecule has 18 heavy (non-hydrogen) atoms. The van der Waals surface area contributed by atoms with Crippen molar-refractivity contribution in [3.63, 3.8) is 0 Å². The quantitative estimate of drug-likeness (QED) is 0.735. The Balaban J connectivity index is 2.22. The predicted octanol–water partition coefficient (Wildman–Crippen LogP) is -0.142. The molecule has 0 unspecified atom stereocenters. The number of nitrogens with one attached hydrogen (secondary N) is 2. The zero-order valence-electron chi connectivity index (χ0n) is 11.5. The van der Waals surface area contributed by atoms with Gasteiger partial charge in [0, 0.05) is 32.2 Å². The molecule has 1 saturated heterocycles. The fourth-order valence-corrected chi connectivity index (χ4v) is 1.74. The summed E-state index contributed by atoms with van der Waals surface area (Å²) < 4.78 is 0. The van der Waals surface area contributed by atoms with Gasteiger partial charge in [-0.3, -0.25) is 15.0 Å². The number of carbonyl (C=O) groups excluding carboxylic acids is 2. The third-order valence-corrected chi connectivity index (χ3v) is 3.21. The molecule has 1 fully saturated rings. The number of urea groups is 1. The number of amides is 3. The highest BCUT2D eigenvalue weighted by atomic mass is 16.2. The van der Waals surface area contributed by atoms with E-state index in [1.54, 1.807) is 0 Å². The maximum Gasteiger partial charge on any atom is 0.321 e. The van der Waals surface area contributed by atoms with Crippen LogP contribution in [0.25, 0.3) is 0 Å². The number of likely N-dealkylation sites (N-methyl/N-ethyl adjacent to an activating group) is 1. The molecule has 0 aromatic heterocycles. The molecule has 0 saturated carbocycles. The van der Waals surface area contributed by atoms with E-state index in [1.165, 1.54) is 0 Å². The fraction of sp³-hybridized carbons (Fsp3) is 0.833. The zero-order valence-corrected chi connectivity index (χ0v) is 11.5. The maximum atomic E-state index is 11.6. The summed E-state index contributed by atoms with van der Waals surface area (Å²) in [4.78, 5) is 27.4. The molecule has 0 spiro atoms. The molecule has 1 aliphatic heterocycles. The molecule has 104 valence electrons. The van der Waals surface area contributed by atoms with Gasteiger partial charge < -0.3 is 10.2 Å². The second-order valence-electron chi connectivity index (χ2n) is 4.91. The van der Waals surface area contributed by atoms with Crippen molar-refractivity contribution in [2.75, 3.05) is 39.8 Å². The molecule has 1 heterocycles. The highest BCUT2D eigenvalue weighted by Gasteiger charge is 2.17. The van der Waals surface area contributed by atoms with Gasteiger partial charge in [0.15, 0.2) is 0 Å². The molecule has 0 bridgehead atoms. The van der Waals surface area contributed by atoms with Crippen molar-refractivity contribution in [3.05, 3.63) is 0 Å². The van der Waals surface area contributed by atoms with Crippen LogP contribution in [0.1, 0.15) is 20.3 Å². The van der Waals surface area contributed by atoms with Crippen molar-refractivity contribution in [1.82, 2.24) is 20.4 Å². The van der Waals surface area contributed by atoms with Crippen molar-refractivity contribution in [2.24, 2.45) is 0 Å². The van der Waals surface area contributed by atoms with Gasteiger partial charge in [0.25, 0.3) is 0 Å². The van der Waals surface area contributed by atoms with Gasteiger partial charge in [0.1, 0.15) is 0 Å². The van der Waals surface area contributed by atoms with E-state index in [4.69, 9.17) is 0 Å². The van der Waals surface area contributed by atoms with Crippen LogP contribution in [0.4, 0.5) is 4.79 Å². The van der Waals surface area contributed by atoms with E-state index in [2.05, 4.69) is 27.5 Å². The van der Waals surface area contributed by atoms with E-state index in [0.717, 1.165) is 32.6 Å². The van der Waals surface area contributed by atoms with E-state index in [1.807, 2.05) is 13.8 Å². The van der Waals surface area contributed by atoms with Crippen molar-refractivity contribution in [3.8, 4) is 0 Å². The first-order valence-electron chi connectivity index (χ1n) is 6.52. The highest BCUT2D eigenvalue weighted by Crippen LogP contribution is 1.98. The molecule has 2 N–H and O–H groups in total. The third-order valence-electron chi connectivity index (χ3n) is 3.21. The molecule has 0 aromatic rings. The molecule has 1 aliphatic rings. The average Bonchev–Trinajstić information content (AvgIpc) is 2.31. The van der Waals surface area contributed by atoms with E-state index >= 15 is 0 Å². The predicted molar refractivity (Wildman–Crippen MR) is 70.4 cm³/mol. The Hall–Kier alpha value is -1.14. The number of nitrogens with zero attached hydrogens (tertiary/aromatic N) is 2. The summed E-state index contributed by atoms with van der Waals surface area (Å²) in [5, 5.41) is 5.07. The number of rotatable bonds is 4. The average molecular weight is 256 g/mol. The van der Waals surface area contributed by atoms with E-state index in [-0.39, 0.29) is 11.9 Å². The normalized spacial score (nSPS) is 19.3. The second kappa shape index (κ2) is 7.33. The van der Waals surface area contributed by atoms with Gasteiger partial charge in [-0.15, -0.1) is 0 Å². The first-order chi connectivity index (χ1) is 8.51. The summed E-state index contributed by atoms with van der Waals surface area (Å²) in [5.41, 5.74) is 0. The van der Waals surface area contributed by atoms with Gasteiger partial charge in [0.05, 0.1) is 6.54 Å². The molecule has 6 heteroatoms. The van der Waals surface area contributed by atoms with Gasteiger partial charge in [-0.2, -0.15) is 0 Å². The molecular formula is C12H24N4O2. The number of carbonyl (C=O) groups is 2. The van der Waals surface area contributed by atoms with Crippen LogP contribution in [0, 0.1) is 0 Å². The highest BCUT2D eigenvalue weighted by molar-refractivity contribution is 5.95. The van der Waals surface area contributed by atoms with Crippen LogP contribution < -0.4 is 10.6 Å². The van der Waals surface area contributed by atoms with Gasteiger partial charge in [-0.05, 0) is 20.4 Å². The minimum atomic E-state index is -0.400. The maximum absolute atomic E-state index is 11.6. The Morgan fingerprint density at radius 2 is 1.83 bits per heavy atom. The Bertz CT molecular complexity index is 288. The molecule has 0 aliphatic carbocycles. The fourth-order valence-electron chi connectivity index (χ4n) is 1.74. The number of hydrogen-bond donors (Lipinski definition) is 2. The topological polar surface area (TPSA) is 64.7 Å². The lowest BCUT2D eigenvalue weighted by Crippen LogP contribution is -2.50. The lowest BCUT2D eigenvalue weighted by molar-refractivity contribution is -0.121. The van der Waals surface area contributed by atoms with Crippen LogP contribution in [0.5, 0.6) is 0 Å². The van der Waals surface area contributed by atoms with Crippen LogP contribution in [0.15, 0.2) is 0 Å². The van der Waals surface area contributed by atoms with Crippen molar-refractivity contribution in [2.45, 2.75) is 26.3 Å². The second-order valence-corrected chi connectivity index (χ2v) is 4.91. The summed E-state index contributed by atoms with van der Waals surface area (Å²) in [7, 11) is 2.07. The molecule has 1 rings (SSSR count). The summed E-state index contributed by atoms with van der Waals surface area (Å²) in [6.07, 6.45) is 0.847. The molecule has 6 nitrogen and oxygen atoms in total. The van der Waals surface area contributed by atoms with Crippen molar-refractivity contribution in [1.29, 1.82) is 0 Å². The van der Waals surface area contributed by atoms with Gasteiger partial charge in [-0.25, -0.2) is 4.79 Å². The number of hydrogen-bond acceptors (Lipinski definition) is 4. The van der Waals surface area contributed by atoms with Crippen LogP contribution in [0.3, 0.4) is 0 Å². The Labute approximate surface area is 109 Å². The lowest BCUT2D eigenvalue weighted by Gasteiger charge is -2.31. The SMILES string of the molecule is CC[C@@H](C)NC(=O)NC(=O)CN1CCN(C)CC1. The summed E-state index contributed by atoms with van der Waals surface area (Å²) in [6.45, 7) is 7.86. The molecular weight excluding hydrogens is 232 g/mol. The first-order valence-corrected chi connectivity index (χ1v) is 6.52. The third kappa shape index (κ3) is 5.46. The van der Waals surface area contributed by atoms with Crippen molar-refractivity contribution < 1.29 is 9.59 Å². The minimum absolute atomic E-state index is 0.0847. The molecule has 1 atom stereocenters. The zero-order chi connectivity index (χ0) is 13.5. The largest absolute Gasteiger partial charge is 0.335 e. The van der Waals surface area contributed by atoms with E-state index < -0.39 is 6.03 Å². The summed E-state index contributed by atoms with van der Waals surface area (Å²) in [5.74, 6) is -0.236. The Morgan fingerprint density at radius 3 is 2.39 bits per heavy atom. The van der Waals surface area contributed by atoms with Crippen molar-refractivity contribution >= 4 is 11.9 Å². The Morgan fingerprint density at radius 1 is 1.22 bits per heavy atom. The van der Waals surface area contributed by atoms with Gasteiger partial charge >= 0.3 is 6.03 Å². The van der Waals surface area contributed by atoms with Gasteiger partial charge in [-0.1, -0.05) is 6.92 Å². The van der Waals surface area contributed by atoms with E-state index in [0.29, 0.717) is 6.54 Å². The monoisotopic (exact) mass is 256 g/mol. The lowest BCUT2D eigenvalue weighted by atomic mass is 10.3. The number of piperazine rings is 1. The molecule has 3 amide bonds. The van der Waals surface area contributed by atoms with Crippen LogP contribution >= 0.6 is 0 Å². The van der Waals surface area contributed by atoms with E-state index in [9.17, 15) is 9.59 Å². The molecule has 0 radical (unpaired) electrons. The summed E-state index contributed by atoms with van der Waals surface area (Å²) >= 11 is 0. The van der Waals surface area contributed by atoms with Crippen LogP contribution in [-0.2, 0) is 4.79 Å². The smallest absolute Gasteiger partial charge is 0.321 e. The Kier molecular flexibility index (Phi) is 6.07. The molecule has 0 aromatic carbocycles. The minimum Gasteiger partial charge on any atom is -0.335 e.